The predicted molar refractivity (Wildman–Crippen MR) is 149 cm³/mol. The minimum absolute atomic E-state index is 0.0712. The van der Waals surface area contributed by atoms with E-state index in [0.29, 0.717) is 39.1 Å². The van der Waals surface area contributed by atoms with Crippen molar-refractivity contribution in [3.8, 4) is 11.8 Å². The Morgan fingerprint density at radius 2 is 1.82 bits per heavy atom. The van der Waals surface area contributed by atoms with E-state index in [-0.39, 0.29) is 11.7 Å². The fourth-order valence-electron chi connectivity index (χ4n) is 4.22. The maximum absolute atomic E-state index is 13.5. The third-order valence-corrected chi connectivity index (χ3v) is 7.32. The number of nitriles is 1. The molecule has 0 unspecified atom stereocenters. The molecule has 0 saturated carbocycles. The van der Waals surface area contributed by atoms with Gasteiger partial charge in [0.2, 0.25) is 5.91 Å². The standard InChI is InChI=1S/C29H28N4O4S/c1-17-9-7-11-21(18(17)2)32-25(34)16-38-29-20(15-30)27(24-13-8-14-37-24)26(19(3)31-29)28(35)33-22-10-5-6-12-23(22)36-4/h5-14,27,31H,16H2,1-4H3,(H,32,34)(H,33,35)/t27-/m1/s1. The molecule has 0 aliphatic carbocycles. The molecule has 0 fully saturated rings. The van der Waals surface area contributed by atoms with Gasteiger partial charge in [-0.1, -0.05) is 36.0 Å². The first-order chi connectivity index (χ1) is 18.3. The number of carbonyl (C=O) groups is 2. The van der Waals surface area contributed by atoms with Crippen LogP contribution in [0, 0.1) is 25.2 Å². The Morgan fingerprint density at radius 3 is 2.53 bits per heavy atom. The lowest BCUT2D eigenvalue weighted by molar-refractivity contribution is -0.114. The molecule has 1 aliphatic heterocycles. The number of benzene rings is 2. The molecule has 1 aliphatic rings. The molecule has 0 spiro atoms. The molecule has 3 aromatic rings. The third kappa shape index (κ3) is 5.61. The molecule has 1 aromatic heterocycles. The minimum Gasteiger partial charge on any atom is -0.495 e. The van der Waals surface area contributed by atoms with Gasteiger partial charge in [0.15, 0.2) is 0 Å². The highest BCUT2D eigenvalue weighted by molar-refractivity contribution is 8.03. The maximum Gasteiger partial charge on any atom is 0.254 e. The molecule has 0 saturated heterocycles. The van der Waals surface area contributed by atoms with Crippen molar-refractivity contribution in [3.63, 3.8) is 0 Å². The predicted octanol–water partition coefficient (Wildman–Crippen LogP) is 5.61. The third-order valence-electron chi connectivity index (χ3n) is 6.30. The fraction of sp³-hybridized carbons (Fsp3) is 0.207. The van der Waals surface area contributed by atoms with E-state index in [0.717, 1.165) is 16.8 Å². The zero-order valence-corrected chi connectivity index (χ0v) is 22.4. The molecule has 2 heterocycles. The van der Waals surface area contributed by atoms with Gasteiger partial charge in [-0.25, -0.2) is 0 Å². The molecule has 0 bridgehead atoms. The van der Waals surface area contributed by atoms with E-state index in [2.05, 4.69) is 22.0 Å². The van der Waals surface area contributed by atoms with Gasteiger partial charge in [0, 0.05) is 11.4 Å². The minimum atomic E-state index is -0.754. The molecule has 9 heteroatoms. The number of nitrogens with one attached hydrogen (secondary N) is 3. The smallest absolute Gasteiger partial charge is 0.254 e. The molecule has 8 nitrogen and oxygen atoms in total. The van der Waals surface area contributed by atoms with Gasteiger partial charge in [-0.3, -0.25) is 9.59 Å². The van der Waals surface area contributed by atoms with E-state index < -0.39 is 11.8 Å². The molecule has 3 N–H and O–H groups in total. The number of carbonyl (C=O) groups excluding carboxylic acids is 2. The first-order valence-corrected chi connectivity index (χ1v) is 12.9. The largest absolute Gasteiger partial charge is 0.495 e. The van der Waals surface area contributed by atoms with Crippen LogP contribution in [-0.2, 0) is 9.59 Å². The molecule has 2 amide bonds. The molecule has 38 heavy (non-hydrogen) atoms. The number of amides is 2. The summed E-state index contributed by atoms with van der Waals surface area (Å²) in [6.07, 6.45) is 1.50. The van der Waals surface area contributed by atoms with Crippen LogP contribution in [0.5, 0.6) is 5.75 Å². The second-order valence-electron chi connectivity index (χ2n) is 8.71. The van der Waals surface area contributed by atoms with E-state index in [4.69, 9.17) is 9.15 Å². The van der Waals surface area contributed by atoms with Gasteiger partial charge >= 0.3 is 0 Å². The lowest BCUT2D eigenvalue weighted by atomic mass is 9.85. The van der Waals surface area contributed by atoms with E-state index in [1.54, 1.807) is 37.3 Å². The molecule has 4 rings (SSSR count). The van der Waals surface area contributed by atoms with Gasteiger partial charge in [-0.05, 0) is 62.2 Å². The van der Waals surface area contributed by atoms with E-state index in [1.165, 1.54) is 25.1 Å². The number of para-hydroxylation sites is 2. The number of methoxy groups -OCH3 is 1. The van der Waals surface area contributed by atoms with Crippen LogP contribution >= 0.6 is 11.8 Å². The fourth-order valence-corrected chi connectivity index (χ4v) is 5.11. The monoisotopic (exact) mass is 528 g/mol. The highest BCUT2D eigenvalue weighted by Gasteiger charge is 2.36. The SMILES string of the molecule is COc1ccccc1NC(=O)C1=C(C)NC(SCC(=O)Nc2cccc(C)c2C)=C(C#N)[C@@H]1c1ccco1. The highest BCUT2D eigenvalue weighted by Crippen LogP contribution is 2.41. The summed E-state index contributed by atoms with van der Waals surface area (Å²) in [5, 5.41) is 19.7. The van der Waals surface area contributed by atoms with Crippen LogP contribution in [0.4, 0.5) is 11.4 Å². The molecule has 0 radical (unpaired) electrons. The maximum atomic E-state index is 13.5. The Bertz CT molecular complexity index is 1470. The quantitative estimate of drug-likeness (QED) is 0.348. The van der Waals surface area contributed by atoms with Crippen molar-refractivity contribution in [1.82, 2.24) is 5.32 Å². The number of hydrogen-bond donors (Lipinski definition) is 3. The summed E-state index contributed by atoms with van der Waals surface area (Å²) in [7, 11) is 1.53. The van der Waals surface area contributed by atoms with Crippen LogP contribution in [0.15, 0.2) is 87.1 Å². The van der Waals surface area contributed by atoms with Gasteiger partial charge in [0.05, 0.1) is 53.0 Å². The lowest BCUT2D eigenvalue weighted by Crippen LogP contribution is -2.31. The van der Waals surface area contributed by atoms with Crippen LogP contribution in [0.3, 0.4) is 0 Å². The second kappa shape index (κ2) is 11.8. The molecular weight excluding hydrogens is 500 g/mol. The Kier molecular flexibility index (Phi) is 8.24. The van der Waals surface area contributed by atoms with Crippen molar-refractivity contribution >= 4 is 35.0 Å². The van der Waals surface area contributed by atoms with E-state index >= 15 is 0 Å². The highest BCUT2D eigenvalue weighted by atomic mass is 32.2. The molecule has 1 atom stereocenters. The number of aryl methyl sites for hydroxylation is 1. The summed E-state index contributed by atoms with van der Waals surface area (Å²) in [5.41, 5.74) is 4.52. The van der Waals surface area contributed by atoms with Gasteiger partial charge in [-0.15, -0.1) is 0 Å². The summed E-state index contributed by atoms with van der Waals surface area (Å²) < 4.78 is 11.0. The summed E-state index contributed by atoms with van der Waals surface area (Å²) in [6.45, 7) is 5.70. The van der Waals surface area contributed by atoms with Crippen molar-refractivity contribution in [2.45, 2.75) is 26.7 Å². The van der Waals surface area contributed by atoms with E-state index in [9.17, 15) is 14.9 Å². The Balaban J connectivity index is 1.60. The number of anilines is 2. The van der Waals surface area contributed by atoms with Crippen LogP contribution in [0.25, 0.3) is 0 Å². The van der Waals surface area contributed by atoms with Crippen molar-refractivity contribution in [3.05, 3.63) is 99.6 Å². The number of ether oxygens (including phenoxy) is 1. The summed E-state index contributed by atoms with van der Waals surface area (Å²) in [5.74, 6) is -0.320. The first kappa shape index (κ1) is 26.6. The molecule has 194 valence electrons. The normalized spacial score (nSPS) is 15.0. The van der Waals surface area contributed by atoms with Gasteiger partial charge in [0.25, 0.3) is 5.91 Å². The topological polar surface area (TPSA) is 116 Å². The van der Waals surface area contributed by atoms with Crippen molar-refractivity contribution in [2.24, 2.45) is 0 Å². The number of allylic oxidation sites excluding steroid dienone is 2. The van der Waals surface area contributed by atoms with Crippen LogP contribution < -0.4 is 20.7 Å². The number of furan rings is 1. The number of nitrogens with zero attached hydrogens (tertiary/aromatic N) is 1. The van der Waals surface area contributed by atoms with Gasteiger partial charge < -0.3 is 25.1 Å². The molecule has 2 aromatic carbocycles. The van der Waals surface area contributed by atoms with Crippen molar-refractivity contribution < 1.29 is 18.7 Å². The summed E-state index contributed by atoms with van der Waals surface area (Å²) >= 11 is 1.20. The second-order valence-corrected chi connectivity index (χ2v) is 9.69. The van der Waals surface area contributed by atoms with Crippen molar-refractivity contribution in [2.75, 3.05) is 23.5 Å². The average Bonchev–Trinajstić information content (AvgIpc) is 3.44. The Hall–Kier alpha value is -4.42. The Morgan fingerprint density at radius 1 is 1.05 bits per heavy atom. The van der Waals surface area contributed by atoms with Crippen molar-refractivity contribution in [1.29, 1.82) is 5.26 Å². The Labute approximate surface area is 225 Å². The lowest BCUT2D eigenvalue weighted by Gasteiger charge is -2.28. The van der Waals surface area contributed by atoms with Gasteiger partial charge in [0.1, 0.15) is 11.5 Å². The number of hydrogen-bond acceptors (Lipinski definition) is 7. The number of rotatable bonds is 8. The van der Waals surface area contributed by atoms with Crippen LogP contribution in [0.2, 0.25) is 0 Å². The van der Waals surface area contributed by atoms with Crippen LogP contribution in [0.1, 0.15) is 29.7 Å². The summed E-state index contributed by atoms with van der Waals surface area (Å²) in [6, 6.07) is 18.5. The van der Waals surface area contributed by atoms with Gasteiger partial charge in [-0.2, -0.15) is 5.26 Å². The number of thioether (sulfide) groups is 1. The first-order valence-electron chi connectivity index (χ1n) is 11.9. The summed E-state index contributed by atoms with van der Waals surface area (Å²) in [4.78, 5) is 26.3. The average molecular weight is 529 g/mol. The van der Waals surface area contributed by atoms with Crippen LogP contribution in [-0.4, -0.2) is 24.7 Å². The number of dihydropyridines is 1. The zero-order chi connectivity index (χ0) is 27.2. The molecular formula is C29H28N4O4S. The van der Waals surface area contributed by atoms with E-state index in [1.807, 2.05) is 38.1 Å². The zero-order valence-electron chi connectivity index (χ0n) is 21.5.